The smallest absolute Gasteiger partial charge is 0.256 e. The molecule has 132 valence electrons. The van der Waals surface area contributed by atoms with Gasteiger partial charge in [-0.25, -0.2) is 0 Å². The molecule has 1 heterocycles. The van der Waals surface area contributed by atoms with Crippen LogP contribution in [0.2, 0.25) is 0 Å². The van der Waals surface area contributed by atoms with Crippen LogP contribution < -0.4 is 5.56 Å². The molecule has 0 aliphatic heterocycles. The number of pyridine rings is 1. The maximum absolute atomic E-state index is 13.3. The van der Waals surface area contributed by atoms with Crippen molar-refractivity contribution in [2.75, 3.05) is 0 Å². The predicted octanol–water partition coefficient (Wildman–Crippen LogP) is 5.42. The molecule has 3 aromatic rings. The average molecular weight is 418 g/mol. The highest BCUT2D eigenvalue weighted by Crippen LogP contribution is 2.47. The first kappa shape index (κ1) is 16.5. The molecule has 0 bridgehead atoms. The number of benzene rings is 2. The average Bonchev–Trinajstić information content (AvgIpc) is 2.68. The summed E-state index contributed by atoms with van der Waals surface area (Å²) in [7, 11) is 0. The quantitative estimate of drug-likeness (QED) is 0.574. The maximum atomic E-state index is 13.3. The molecule has 1 aromatic heterocycles. The number of Topliss-reactive ketones (excluding diaryl/α,β-unsaturated/α-hetero) is 1. The van der Waals surface area contributed by atoms with Gasteiger partial charge in [-0.15, -0.1) is 0 Å². The van der Waals surface area contributed by atoms with Crippen molar-refractivity contribution >= 4 is 38.2 Å². The van der Waals surface area contributed by atoms with Gasteiger partial charge in [-0.2, -0.15) is 0 Å². The second kappa shape index (κ2) is 5.89. The molecule has 5 rings (SSSR count). The number of aryl methyl sites for hydroxylation is 1. The number of ketones is 1. The molecule has 0 saturated heterocycles. The van der Waals surface area contributed by atoms with Crippen LogP contribution in [0.25, 0.3) is 27.6 Å². The molecule has 1 unspecified atom stereocenters. The lowest BCUT2D eigenvalue weighted by atomic mass is 9.72. The number of fused-ring (bicyclic) bond motifs is 2. The van der Waals surface area contributed by atoms with Crippen LogP contribution >= 0.6 is 15.9 Å². The Hall–Kier alpha value is -2.72. The number of halogens is 1. The van der Waals surface area contributed by atoms with E-state index < -0.39 is 0 Å². The van der Waals surface area contributed by atoms with E-state index in [1.54, 1.807) is 0 Å². The third-order valence-electron chi connectivity index (χ3n) is 5.52. The summed E-state index contributed by atoms with van der Waals surface area (Å²) >= 11 is 3.60. The molecule has 0 radical (unpaired) electrons. The first-order chi connectivity index (χ1) is 13.1. The van der Waals surface area contributed by atoms with Crippen molar-refractivity contribution in [1.82, 2.24) is 4.98 Å². The molecule has 4 heteroatoms. The van der Waals surface area contributed by atoms with E-state index in [-0.39, 0.29) is 17.3 Å². The van der Waals surface area contributed by atoms with Crippen molar-refractivity contribution in [2.45, 2.75) is 13.3 Å². The minimum Gasteiger partial charge on any atom is -0.321 e. The van der Waals surface area contributed by atoms with Crippen LogP contribution in [0.3, 0.4) is 0 Å². The molecule has 2 aromatic carbocycles. The number of hydrogen-bond acceptors (Lipinski definition) is 2. The zero-order chi connectivity index (χ0) is 18.7. The fraction of sp³-hybridized carbons (Fsp3) is 0.130. The Labute approximate surface area is 164 Å². The summed E-state index contributed by atoms with van der Waals surface area (Å²) in [4.78, 5) is 29.5. The molecule has 3 nitrogen and oxygen atoms in total. The molecule has 27 heavy (non-hydrogen) atoms. The lowest BCUT2D eigenvalue weighted by Crippen LogP contribution is -2.26. The Morgan fingerprint density at radius 2 is 1.85 bits per heavy atom. The standard InChI is InChI=1S/C23H16BrNO2/c1-12-11-16(24)19-20-18(14-9-5-6-10-15(14)22(19)26)17(23(27)25-21(12)20)13-7-3-2-4-8-13/h2-9,11,15H,10H2,1H3,(H,25,27). The van der Waals surface area contributed by atoms with E-state index in [9.17, 15) is 9.59 Å². The van der Waals surface area contributed by atoms with Gasteiger partial charge < -0.3 is 4.98 Å². The van der Waals surface area contributed by atoms with E-state index in [0.29, 0.717) is 17.5 Å². The zero-order valence-corrected chi connectivity index (χ0v) is 16.3. The lowest BCUT2D eigenvalue weighted by molar-refractivity contribution is 0.0949. The number of aromatic amines is 1. The molecule has 2 aliphatic rings. The first-order valence-electron chi connectivity index (χ1n) is 8.93. The van der Waals surface area contributed by atoms with Crippen LogP contribution in [0.1, 0.15) is 27.9 Å². The Kier molecular flexibility index (Phi) is 3.59. The summed E-state index contributed by atoms with van der Waals surface area (Å²) in [6.07, 6.45) is 6.65. The fourth-order valence-electron chi connectivity index (χ4n) is 4.32. The number of carbonyl (C=O) groups excluding carboxylic acids is 1. The van der Waals surface area contributed by atoms with Gasteiger partial charge >= 0.3 is 0 Å². The number of allylic oxidation sites excluding steroid dienone is 4. The second-order valence-electron chi connectivity index (χ2n) is 7.07. The van der Waals surface area contributed by atoms with Crippen LogP contribution in [0.5, 0.6) is 0 Å². The maximum Gasteiger partial charge on any atom is 0.256 e. The highest BCUT2D eigenvalue weighted by molar-refractivity contribution is 9.10. The Morgan fingerprint density at radius 3 is 2.63 bits per heavy atom. The van der Waals surface area contributed by atoms with Crippen LogP contribution in [0.15, 0.2) is 63.9 Å². The summed E-state index contributed by atoms with van der Waals surface area (Å²) < 4.78 is 0.790. The van der Waals surface area contributed by atoms with Gasteiger partial charge in [0.1, 0.15) is 0 Å². The Morgan fingerprint density at radius 1 is 1.07 bits per heavy atom. The van der Waals surface area contributed by atoms with Gasteiger partial charge in [-0.3, -0.25) is 9.59 Å². The van der Waals surface area contributed by atoms with E-state index in [1.807, 2.05) is 61.5 Å². The van der Waals surface area contributed by atoms with Crippen molar-refractivity contribution in [3.63, 3.8) is 0 Å². The third-order valence-corrected chi connectivity index (χ3v) is 6.14. The molecule has 0 fully saturated rings. The molecule has 1 N–H and O–H groups in total. The molecule has 1 atom stereocenters. The Balaban J connectivity index is 2.06. The van der Waals surface area contributed by atoms with Crippen molar-refractivity contribution in [3.8, 4) is 11.1 Å². The van der Waals surface area contributed by atoms with Gasteiger partial charge in [0.15, 0.2) is 5.78 Å². The number of carbonyl (C=O) groups is 1. The third kappa shape index (κ3) is 2.26. The Bertz CT molecular complexity index is 1250. The van der Waals surface area contributed by atoms with E-state index in [0.717, 1.165) is 37.6 Å². The van der Waals surface area contributed by atoms with E-state index in [2.05, 4.69) is 20.9 Å². The zero-order valence-electron chi connectivity index (χ0n) is 14.7. The normalized spacial score (nSPS) is 17.8. The van der Waals surface area contributed by atoms with Gasteiger partial charge in [0.2, 0.25) is 0 Å². The van der Waals surface area contributed by atoms with E-state index in [4.69, 9.17) is 0 Å². The molecular formula is C23H16BrNO2. The van der Waals surface area contributed by atoms with E-state index >= 15 is 0 Å². The van der Waals surface area contributed by atoms with Crippen LogP contribution in [-0.4, -0.2) is 10.8 Å². The molecular weight excluding hydrogens is 402 g/mol. The summed E-state index contributed by atoms with van der Waals surface area (Å²) in [5.41, 5.74) is 5.59. The summed E-state index contributed by atoms with van der Waals surface area (Å²) in [5.74, 6) is -0.130. The minimum absolute atomic E-state index is 0.112. The number of rotatable bonds is 1. The fourth-order valence-corrected chi connectivity index (χ4v) is 5.06. The number of hydrogen-bond donors (Lipinski definition) is 1. The van der Waals surface area contributed by atoms with Gasteiger partial charge in [0.25, 0.3) is 5.56 Å². The summed E-state index contributed by atoms with van der Waals surface area (Å²) in [6.45, 7) is 1.96. The molecule has 0 saturated carbocycles. The van der Waals surface area contributed by atoms with Crippen molar-refractivity contribution in [3.05, 3.63) is 86.1 Å². The van der Waals surface area contributed by atoms with Crippen LogP contribution in [0, 0.1) is 12.8 Å². The van der Waals surface area contributed by atoms with Gasteiger partial charge in [0.05, 0.1) is 17.0 Å². The second-order valence-corrected chi connectivity index (χ2v) is 7.93. The van der Waals surface area contributed by atoms with Crippen LogP contribution in [-0.2, 0) is 0 Å². The van der Waals surface area contributed by atoms with Crippen molar-refractivity contribution < 1.29 is 4.79 Å². The SMILES string of the molecule is Cc1cc(Br)c2c3c(c(-c4ccccc4)c(=O)[nH]c13)C1=CC=CCC1C2=O. The van der Waals surface area contributed by atoms with E-state index in [1.165, 1.54) is 0 Å². The van der Waals surface area contributed by atoms with Crippen molar-refractivity contribution in [1.29, 1.82) is 0 Å². The largest absolute Gasteiger partial charge is 0.321 e. The van der Waals surface area contributed by atoms with Crippen LogP contribution in [0.4, 0.5) is 0 Å². The number of aromatic nitrogens is 1. The number of H-pyrrole nitrogens is 1. The first-order valence-corrected chi connectivity index (χ1v) is 9.73. The number of nitrogens with one attached hydrogen (secondary N) is 1. The molecule has 0 spiro atoms. The topological polar surface area (TPSA) is 49.9 Å². The lowest BCUT2D eigenvalue weighted by Gasteiger charge is -2.30. The monoisotopic (exact) mass is 417 g/mol. The van der Waals surface area contributed by atoms with Gasteiger partial charge in [-0.05, 0) is 36.1 Å². The summed E-state index contributed by atoms with van der Waals surface area (Å²) in [6, 6.07) is 11.6. The van der Waals surface area contributed by atoms with Crippen molar-refractivity contribution in [2.24, 2.45) is 5.92 Å². The summed E-state index contributed by atoms with van der Waals surface area (Å²) in [5, 5.41) is 0.850. The van der Waals surface area contributed by atoms with Gasteiger partial charge in [-0.1, -0.05) is 64.5 Å². The highest BCUT2D eigenvalue weighted by atomic mass is 79.9. The molecule has 2 aliphatic carbocycles. The minimum atomic E-state index is -0.242. The highest BCUT2D eigenvalue weighted by Gasteiger charge is 2.37. The predicted molar refractivity (Wildman–Crippen MR) is 112 cm³/mol. The van der Waals surface area contributed by atoms with Gasteiger partial charge in [0, 0.05) is 21.0 Å². The molecule has 0 amide bonds.